The first-order valence-electron chi connectivity index (χ1n) is 8.82. The van der Waals surface area contributed by atoms with Crippen molar-refractivity contribution in [3.63, 3.8) is 0 Å². The van der Waals surface area contributed by atoms with Crippen LogP contribution in [0.25, 0.3) is 0 Å². The van der Waals surface area contributed by atoms with Crippen molar-refractivity contribution in [1.82, 2.24) is 10.2 Å². The number of likely N-dealkylation sites (N-methyl/N-ethyl adjacent to an activating group) is 1. The number of methoxy groups -OCH3 is 1. The molecule has 2 unspecified atom stereocenters. The molecule has 0 aromatic heterocycles. The Bertz CT molecular complexity index is 515. The summed E-state index contributed by atoms with van der Waals surface area (Å²) in [5.41, 5.74) is 0. The van der Waals surface area contributed by atoms with Crippen molar-refractivity contribution in [2.45, 2.75) is 26.2 Å². The van der Waals surface area contributed by atoms with E-state index in [4.69, 9.17) is 9.47 Å². The zero-order chi connectivity index (χ0) is 17.4. The van der Waals surface area contributed by atoms with E-state index in [1.54, 1.807) is 12.0 Å². The normalized spacial score (nSPS) is 18.7. The summed E-state index contributed by atoms with van der Waals surface area (Å²) >= 11 is 0. The van der Waals surface area contributed by atoms with Crippen LogP contribution in [0.15, 0.2) is 24.3 Å². The summed E-state index contributed by atoms with van der Waals surface area (Å²) in [6.07, 6.45) is 3.05. The van der Waals surface area contributed by atoms with E-state index >= 15 is 0 Å². The minimum atomic E-state index is 0.191. The summed E-state index contributed by atoms with van der Waals surface area (Å²) in [5.74, 6) is 2.65. The number of carbonyl (C=O) groups excluding carboxylic acids is 1. The molecule has 0 aliphatic carbocycles. The Morgan fingerprint density at radius 1 is 1.38 bits per heavy atom. The minimum Gasteiger partial charge on any atom is -0.493 e. The van der Waals surface area contributed by atoms with Crippen LogP contribution in [0, 0.1) is 11.8 Å². The van der Waals surface area contributed by atoms with Gasteiger partial charge in [-0.2, -0.15) is 0 Å². The van der Waals surface area contributed by atoms with Crippen molar-refractivity contribution < 1.29 is 14.3 Å². The van der Waals surface area contributed by atoms with Crippen LogP contribution in [0.1, 0.15) is 26.2 Å². The Morgan fingerprint density at radius 3 is 2.79 bits per heavy atom. The zero-order valence-corrected chi connectivity index (χ0v) is 15.1. The van der Waals surface area contributed by atoms with Gasteiger partial charge in [0.05, 0.1) is 13.7 Å². The number of piperidine rings is 1. The first kappa shape index (κ1) is 18.6. The molecule has 24 heavy (non-hydrogen) atoms. The fraction of sp³-hybridized carbons (Fsp3) is 0.632. The second-order valence-corrected chi connectivity index (χ2v) is 6.60. The standard InChI is InChI=1S/C19H30N2O3/c1-15(16-7-6-10-20-14-16)13-19(22)21(2)11-12-24-18-9-5-4-8-17(18)23-3/h4-5,8-9,15-16,20H,6-7,10-14H2,1-3H3. The predicted octanol–water partition coefficient (Wildman–Crippen LogP) is 2.56. The molecule has 1 aromatic carbocycles. The number of carbonyl (C=O) groups is 1. The topological polar surface area (TPSA) is 50.8 Å². The highest BCUT2D eigenvalue weighted by molar-refractivity contribution is 5.76. The molecular formula is C19H30N2O3. The molecule has 0 bridgehead atoms. The third-order valence-electron chi connectivity index (χ3n) is 4.82. The quantitative estimate of drug-likeness (QED) is 0.794. The maximum absolute atomic E-state index is 12.4. The first-order valence-corrected chi connectivity index (χ1v) is 8.82. The molecular weight excluding hydrogens is 304 g/mol. The van der Waals surface area contributed by atoms with E-state index in [-0.39, 0.29) is 5.91 Å². The number of nitrogens with one attached hydrogen (secondary N) is 1. The third-order valence-corrected chi connectivity index (χ3v) is 4.82. The number of amides is 1. The maximum Gasteiger partial charge on any atom is 0.222 e. The van der Waals surface area contributed by atoms with Crippen LogP contribution >= 0.6 is 0 Å². The van der Waals surface area contributed by atoms with Crippen molar-refractivity contribution in [2.24, 2.45) is 11.8 Å². The van der Waals surface area contributed by atoms with Crippen LogP contribution in [-0.2, 0) is 4.79 Å². The Labute approximate surface area is 145 Å². The van der Waals surface area contributed by atoms with Gasteiger partial charge in [-0.3, -0.25) is 4.79 Å². The summed E-state index contributed by atoms with van der Waals surface area (Å²) in [6, 6.07) is 7.55. The molecule has 1 heterocycles. The molecule has 1 amide bonds. The smallest absolute Gasteiger partial charge is 0.222 e. The Morgan fingerprint density at radius 2 is 2.12 bits per heavy atom. The summed E-state index contributed by atoms with van der Waals surface area (Å²) < 4.78 is 11.0. The SMILES string of the molecule is COc1ccccc1OCCN(C)C(=O)CC(C)C1CCCNC1. The highest BCUT2D eigenvalue weighted by Crippen LogP contribution is 2.26. The van der Waals surface area contributed by atoms with E-state index in [1.807, 2.05) is 31.3 Å². The van der Waals surface area contributed by atoms with Gasteiger partial charge in [-0.05, 0) is 49.9 Å². The van der Waals surface area contributed by atoms with Gasteiger partial charge in [0.25, 0.3) is 0 Å². The number of hydrogen-bond donors (Lipinski definition) is 1. The van der Waals surface area contributed by atoms with E-state index in [0.29, 0.717) is 42.9 Å². The lowest BCUT2D eigenvalue weighted by molar-refractivity contribution is -0.131. The van der Waals surface area contributed by atoms with E-state index in [1.165, 1.54) is 12.8 Å². The molecule has 1 saturated heterocycles. The number of nitrogens with zero attached hydrogens (tertiary/aromatic N) is 1. The molecule has 0 saturated carbocycles. The van der Waals surface area contributed by atoms with Gasteiger partial charge in [0, 0.05) is 13.5 Å². The molecule has 5 nitrogen and oxygen atoms in total. The average Bonchev–Trinajstić information content (AvgIpc) is 2.62. The van der Waals surface area contributed by atoms with Gasteiger partial charge >= 0.3 is 0 Å². The summed E-state index contributed by atoms with van der Waals surface area (Å²) in [5, 5.41) is 3.42. The highest BCUT2D eigenvalue weighted by atomic mass is 16.5. The van der Waals surface area contributed by atoms with Gasteiger partial charge in [-0.25, -0.2) is 0 Å². The van der Waals surface area contributed by atoms with Crippen LogP contribution in [0.3, 0.4) is 0 Å². The number of rotatable bonds is 8. The van der Waals surface area contributed by atoms with Crippen molar-refractivity contribution in [1.29, 1.82) is 0 Å². The average molecular weight is 334 g/mol. The fourth-order valence-corrected chi connectivity index (χ4v) is 3.12. The minimum absolute atomic E-state index is 0.191. The maximum atomic E-state index is 12.4. The number of hydrogen-bond acceptors (Lipinski definition) is 4. The monoisotopic (exact) mass is 334 g/mol. The van der Waals surface area contributed by atoms with Crippen molar-refractivity contribution in [3.8, 4) is 11.5 Å². The van der Waals surface area contributed by atoms with Gasteiger partial charge in [0.1, 0.15) is 6.61 Å². The van der Waals surface area contributed by atoms with Crippen LogP contribution in [-0.4, -0.2) is 51.2 Å². The highest BCUT2D eigenvalue weighted by Gasteiger charge is 2.23. The number of benzene rings is 1. The molecule has 1 aliphatic heterocycles. The van der Waals surface area contributed by atoms with Crippen molar-refractivity contribution in [2.75, 3.05) is 40.4 Å². The zero-order valence-electron chi connectivity index (χ0n) is 15.1. The molecule has 5 heteroatoms. The molecule has 2 atom stereocenters. The Hall–Kier alpha value is -1.75. The van der Waals surface area contributed by atoms with Gasteiger partial charge in [-0.15, -0.1) is 0 Å². The Balaban J connectivity index is 1.73. The van der Waals surface area contributed by atoms with Gasteiger partial charge in [-0.1, -0.05) is 19.1 Å². The number of ether oxygens (including phenoxy) is 2. The molecule has 0 spiro atoms. The molecule has 1 N–H and O–H groups in total. The Kier molecular flexibility index (Phi) is 7.37. The van der Waals surface area contributed by atoms with Crippen molar-refractivity contribution in [3.05, 3.63) is 24.3 Å². The predicted molar refractivity (Wildman–Crippen MR) is 95.5 cm³/mol. The molecule has 1 fully saturated rings. The lowest BCUT2D eigenvalue weighted by Crippen LogP contribution is -2.37. The first-order chi connectivity index (χ1) is 11.6. The second-order valence-electron chi connectivity index (χ2n) is 6.60. The summed E-state index contributed by atoms with van der Waals surface area (Å²) in [6.45, 7) is 5.37. The lowest BCUT2D eigenvalue weighted by atomic mass is 9.85. The van der Waals surface area contributed by atoms with E-state index in [0.717, 1.165) is 13.1 Å². The van der Waals surface area contributed by atoms with Crippen LogP contribution in [0.2, 0.25) is 0 Å². The summed E-state index contributed by atoms with van der Waals surface area (Å²) in [7, 11) is 3.47. The fourth-order valence-electron chi connectivity index (χ4n) is 3.12. The van der Waals surface area contributed by atoms with E-state index in [2.05, 4.69) is 12.2 Å². The van der Waals surface area contributed by atoms with Gasteiger partial charge in [0.2, 0.25) is 5.91 Å². The van der Waals surface area contributed by atoms with Crippen LogP contribution in [0.4, 0.5) is 0 Å². The summed E-state index contributed by atoms with van der Waals surface area (Å²) in [4.78, 5) is 14.2. The molecule has 1 aliphatic rings. The van der Waals surface area contributed by atoms with E-state index in [9.17, 15) is 4.79 Å². The van der Waals surface area contributed by atoms with E-state index < -0.39 is 0 Å². The third kappa shape index (κ3) is 5.41. The number of para-hydroxylation sites is 2. The molecule has 1 aromatic rings. The van der Waals surface area contributed by atoms with Crippen molar-refractivity contribution >= 4 is 5.91 Å². The largest absolute Gasteiger partial charge is 0.493 e. The lowest BCUT2D eigenvalue weighted by Gasteiger charge is -2.29. The van der Waals surface area contributed by atoms with Gasteiger partial charge in [0.15, 0.2) is 11.5 Å². The molecule has 2 rings (SSSR count). The van der Waals surface area contributed by atoms with Crippen LogP contribution < -0.4 is 14.8 Å². The van der Waals surface area contributed by atoms with Gasteiger partial charge < -0.3 is 19.7 Å². The molecule has 0 radical (unpaired) electrons. The molecule has 134 valence electrons. The van der Waals surface area contributed by atoms with Crippen LogP contribution in [0.5, 0.6) is 11.5 Å². The second kappa shape index (κ2) is 9.52.